The van der Waals surface area contributed by atoms with E-state index in [2.05, 4.69) is 10.0 Å². The molecule has 0 aliphatic rings. The Morgan fingerprint density at radius 3 is 2.50 bits per heavy atom. The maximum absolute atomic E-state index is 12.4. The lowest BCUT2D eigenvalue weighted by atomic mass is 10.1. The number of para-hydroxylation sites is 1. The number of rotatable bonds is 10. The molecular weight excluding hydrogens is 456 g/mol. The Morgan fingerprint density at radius 1 is 1.06 bits per heavy atom. The second-order valence-corrected chi connectivity index (χ2v) is 9.19. The smallest absolute Gasteiger partial charge is 0.331 e. The van der Waals surface area contributed by atoms with E-state index in [9.17, 15) is 18.0 Å². The van der Waals surface area contributed by atoms with Gasteiger partial charge in [0.1, 0.15) is 5.76 Å². The number of carbonyl (C=O) groups is 2. The van der Waals surface area contributed by atoms with Crippen molar-refractivity contribution in [2.75, 3.05) is 11.9 Å². The molecule has 0 aliphatic carbocycles. The van der Waals surface area contributed by atoms with Crippen molar-refractivity contribution in [3.05, 3.63) is 89.4 Å². The van der Waals surface area contributed by atoms with Crippen LogP contribution in [0.5, 0.6) is 0 Å². The molecular formula is C25H26N2O6S. The molecule has 1 amide bonds. The summed E-state index contributed by atoms with van der Waals surface area (Å²) in [5.41, 5.74) is 3.26. The number of hydrogen-bond acceptors (Lipinski definition) is 6. The molecule has 2 N–H and O–H groups in total. The topological polar surface area (TPSA) is 115 Å². The van der Waals surface area contributed by atoms with Crippen LogP contribution in [0.25, 0.3) is 6.08 Å². The number of furan rings is 1. The minimum absolute atomic E-state index is 0.0417. The summed E-state index contributed by atoms with van der Waals surface area (Å²) in [4.78, 5) is 24.3. The highest BCUT2D eigenvalue weighted by Gasteiger charge is 2.14. The average molecular weight is 483 g/mol. The molecule has 0 fully saturated rings. The van der Waals surface area contributed by atoms with E-state index in [1.165, 1.54) is 30.5 Å². The molecule has 9 heteroatoms. The van der Waals surface area contributed by atoms with Crippen molar-refractivity contribution in [1.82, 2.24) is 4.72 Å². The zero-order valence-corrected chi connectivity index (χ0v) is 19.7. The molecule has 178 valence electrons. The SMILES string of the molecule is CCc1cccc(C)c1NC(=O)COC(=O)/C=C/c1ccc(S(=O)(=O)NCc2ccco2)cc1. The number of carbonyl (C=O) groups excluding carboxylic acids is 2. The lowest BCUT2D eigenvalue weighted by Crippen LogP contribution is -2.22. The van der Waals surface area contributed by atoms with Crippen molar-refractivity contribution in [2.45, 2.75) is 31.7 Å². The molecule has 1 aromatic heterocycles. The molecule has 0 spiro atoms. The highest BCUT2D eigenvalue weighted by Crippen LogP contribution is 2.21. The van der Waals surface area contributed by atoms with Crippen LogP contribution in [0.4, 0.5) is 5.69 Å². The lowest BCUT2D eigenvalue weighted by Gasteiger charge is -2.12. The predicted molar refractivity (Wildman–Crippen MR) is 128 cm³/mol. The summed E-state index contributed by atoms with van der Waals surface area (Å²) in [6, 6.07) is 15.1. The van der Waals surface area contributed by atoms with Gasteiger partial charge in [0.2, 0.25) is 10.0 Å². The highest BCUT2D eigenvalue weighted by atomic mass is 32.2. The van der Waals surface area contributed by atoms with Crippen molar-refractivity contribution in [3.63, 3.8) is 0 Å². The maximum Gasteiger partial charge on any atom is 0.331 e. The summed E-state index contributed by atoms with van der Waals surface area (Å²) in [5, 5.41) is 2.79. The summed E-state index contributed by atoms with van der Waals surface area (Å²) in [7, 11) is -3.71. The third kappa shape index (κ3) is 6.90. The summed E-state index contributed by atoms with van der Waals surface area (Å²) in [5.74, 6) is -0.616. The number of esters is 1. The number of hydrogen-bond donors (Lipinski definition) is 2. The first-order valence-corrected chi connectivity index (χ1v) is 12.1. The number of sulfonamides is 1. The highest BCUT2D eigenvalue weighted by molar-refractivity contribution is 7.89. The van der Waals surface area contributed by atoms with Crippen molar-refractivity contribution in [1.29, 1.82) is 0 Å². The molecule has 0 radical (unpaired) electrons. The molecule has 0 bridgehead atoms. The van der Waals surface area contributed by atoms with Gasteiger partial charge in [0, 0.05) is 11.8 Å². The maximum atomic E-state index is 12.4. The minimum Gasteiger partial charge on any atom is -0.468 e. The van der Waals surface area contributed by atoms with Crippen LogP contribution in [0.2, 0.25) is 0 Å². The Bertz CT molecular complexity index is 1260. The predicted octanol–water partition coefficient (Wildman–Crippen LogP) is 3.82. The summed E-state index contributed by atoms with van der Waals surface area (Å²) in [6.07, 6.45) is 4.88. The van der Waals surface area contributed by atoms with Gasteiger partial charge < -0.3 is 14.5 Å². The van der Waals surface area contributed by atoms with Gasteiger partial charge in [-0.1, -0.05) is 37.3 Å². The molecule has 8 nitrogen and oxygen atoms in total. The van der Waals surface area contributed by atoms with E-state index in [0.29, 0.717) is 11.3 Å². The second kappa shape index (κ2) is 11.4. The Labute approximate surface area is 198 Å². The van der Waals surface area contributed by atoms with Crippen molar-refractivity contribution in [2.24, 2.45) is 0 Å². The zero-order valence-electron chi connectivity index (χ0n) is 18.9. The van der Waals surface area contributed by atoms with Gasteiger partial charge in [-0.2, -0.15) is 0 Å². The van der Waals surface area contributed by atoms with E-state index in [-0.39, 0.29) is 11.4 Å². The van der Waals surface area contributed by atoms with Gasteiger partial charge >= 0.3 is 5.97 Å². The first kappa shape index (κ1) is 24.9. The number of anilines is 1. The molecule has 3 rings (SSSR count). The van der Waals surface area contributed by atoms with Gasteiger partial charge in [-0.05, 0) is 60.4 Å². The third-order valence-corrected chi connectivity index (χ3v) is 6.39. The van der Waals surface area contributed by atoms with Crippen LogP contribution in [0.1, 0.15) is 29.4 Å². The fraction of sp³-hybridized carbons (Fsp3) is 0.200. The molecule has 34 heavy (non-hydrogen) atoms. The zero-order chi connectivity index (χ0) is 24.6. The van der Waals surface area contributed by atoms with Crippen LogP contribution in [-0.2, 0) is 37.3 Å². The van der Waals surface area contributed by atoms with Crippen molar-refractivity contribution in [3.8, 4) is 0 Å². The van der Waals surface area contributed by atoms with Crippen molar-refractivity contribution < 1.29 is 27.2 Å². The third-order valence-electron chi connectivity index (χ3n) is 4.97. The van der Waals surface area contributed by atoms with E-state index >= 15 is 0 Å². The molecule has 0 aliphatic heterocycles. The Morgan fingerprint density at radius 2 is 1.82 bits per heavy atom. The van der Waals surface area contributed by atoms with E-state index in [1.807, 2.05) is 32.0 Å². The van der Waals surface area contributed by atoms with Crippen molar-refractivity contribution >= 4 is 33.7 Å². The van der Waals surface area contributed by atoms with Crippen LogP contribution in [0.15, 0.2) is 76.2 Å². The van der Waals surface area contributed by atoms with E-state index < -0.39 is 28.5 Å². The standard InChI is InChI=1S/C25H26N2O6S/c1-3-20-7-4-6-18(2)25(20)27-23(28)17-33-24(29)14-11-19-9-12-22(13-10-19)34(30,31)26-16-21-8-5-15-32-21/h4-15,26H,3,16-17H2,1-2H3,(H,27,28)/b14-11+. The monoisotopic (exact) mass is 482 g/mol. The number of amides is 1. The van der Waals surface area contributed by atoms with Gasteiger partial charge in [-0.25, -0.2) is 17.9 Å². The molecule has 0 saturated carbocycles. The number of ether oxygens (including phenoxy) is 1. The molecule has 0 atom stereocenters. The average Bonchev–Trinajstić information content (AvgIpc) is 3.35. The van der Waals surface area contributed by atoms with Crippen LogP contribution in [0.3, 0.4) is 0 Å². The summed E-state index contributed by atoms with van der Waals surface area (Å²) >= 11 is 0. The van der Waals surface area contributed by atoms with Crippen LogP contribution < -0.4 is 10.0 Å². The van der Waals surface area contributed by atoms with Gasteiger partial charge in [-0.15, -0.1) is 0 Å². The molecule has 3 aromatic rings. The Kier molecular flexibility index (Phi) is 8.39. The largest absolute Gasteiger partial charge is 0.468 e. The number of aryl methyl sites for hydroxylation is 2. The summed E-state index contributed by atoms with van der Waals surface area (Å²) in [6.45, 7) is 3.52. The van der Waals surface area contributed by atoms with Gasteiger partial charge in [0.15, 0.2) is 6.61 Å². The molecule has 0 saturated heterocycles. The first-order valence-electron chi connectivity index (χ1n) is 10.6. The number of benzene rings is 2. The van der Waals surface area contributed by atoms with Gasteiger partial charge in [0.05, 0.1) is 17.7 Å². The molecule has 0 unspecified atom stereocenters. The minimum atomic E-state index is -3.71. The summed E-state index contributed by atoms with van der Waals surface area (Å²) < 4.78 is 37.3. The van der Waals surface area contributed by atoms with Crippen LogP contribution >= 0.6 is 0 Å². The Hall–Kier alpha value is -3.69. The Balaban J connectivity index is 1.50. The van der Waals surface area contributed by atoms with Gasteiger partial charge in [-0.3, -0.25) is 4.79 Å². The van der Waals surface area contributed by atoms with Gasteiger partial charge in [0.25, 0.3) is 5.91 Å². The quantitative estimate of drug-likeness (QED) is 0.335. The fourth-order valence-electron chi connectivity index (χ4n) is 3.15. The first-order chi connectivity index (χ1) is 16.3. The normalized spacial score (nSPS) is 11.5. The van der Waals surface area contributed by atoms with Crippen LogP contribution in [0, 0.1) is 6.92 Å². The van der Waals surface area contributed by atoms with E-state index in [1.54, 1.807) is 24.3 Å². The fourth-order valence-corrected chi connectivity index (χ4v) is 4.14. The molecule has 1 heterocycles. The number of nitrogens with one attached hydrogen (secondary N) is 2. The van der Waals surface area contributed by atoms with E-state index in [0.717, 1.165) is 23.2 Å². The lowest BCUT2D eigenvalue weighted by molar-refractivity contribution is -0.142. The van der Waals surface area contributed by atoms with E-state index in [4.69, 9.17) is 9.15 Å². The second-order valence-electron chi connectivity index (χ2n) is 7.42. The molecule has 2 aromatic carbocycles. The van der Waals surface area contributed by atoms with Crippen LogP contribution in [-0.4, -0.2) is 26.9 Å².